The van der Waals surface area contributed by atoms with Crippen LogP contribution in [0.3, 0.4) is 0 Å². The summed E-state index contributed by atoms with van der Waals surface area (Å²) in [4.78, 5) is 3.97. The molecular weight excluding hydrogens is 358 g/mol. The number of anilines is 1. The van der Waals surface area contributed by atoms with E-state index in [1.165, 1.54) is 6.07 Å². The highest BCUT2D eigenvalue weighted by Crippen LogP contribution is 2.34. The van der Waals surface area contributed by atoms with Gasteiger partial charge in [0.1, 0.15) is 5.69 Å². The van der Waals surface area contributed by atoms with Gasteiger partial charge in [-0.1, -0.05) is 15.9 Å². The SMILES string of the molecule is CNc1cc(C(F)F)nc2c(Br)cc(Br)cc12. The van der Waals surface area contributed by atoms with Crippen molar-refractivity contribution in [3.63, 3.8) is 0 Å². The zero-order valence-corrected chi connectivity index (χ0v) is 11.9. The first kappa shape index (κ1) is 12.7. The summed E-state index contributed by atoms with van der Waals surface area (Å²) in [6, 6.07) is 4.99. The van der Waals surface area contributed by atoms with Crippen molar-refractivity contribution in [3.05, 3.63) is 32.8 Å². The minimum Gasteiger partial charge on any atom is -0.388 e. The summed E-state index contributed by atoms with van der Waals surface area (Å²) in [6.45, 7) is 0. The van der Waals surface area contributed by atoms with E-state index < -0.39 is 6.43 Å². The molecule has 2 rings (SSSR count). The maximum absolute atomic E-state index is 12.7. The Morgan fingerprint density at radius 2 is 1.94 bits per heavy atom. The molecule has 90 valence electrons. The number of fused-ring (bicyclic) bond motifs is 1. The van der Waals surface area contributed by atoms with E-state index in [4.69, 9.17) is 0 Å². The van der Waals surface area contributed by atoms with E-state index in [1.807, 2.05) is 6.07 Å². The molecule has 0 radical (unpaired) electrons. The summed E-state index contributed by atoms with van der Waals surface area (Å²) >= 11 is 6.69. The van der Waals surface area contributed by atoms with Crippen LogP contribution in [0.2, 0.25) is 0 Å². The van der Waals surface area contributed by atoms with Crippen LogP contribution >= 0.6 is 31.9 Å². The highest BCUT2D eigenvalue weighted by molar-refractivity contribution is 9.11. The van der Waals surface area contributed by atoms with Crippen molar-refractivity contribution in [2.45, 2.75) is 6.43 Å². The molecule has 2 aromatic rings. The van der Waals surface area contributed by atoms with E-state index in [9.17, 15) is 8.78 Å². The predicted molar refractivity (Wildman–Crippen MR) is 71.6 cm³/mol. The van der Waals surface area contributed by atoms with Gasteiger partial charge in [0.2, 0.25) is 0 Å². The summed E-state index contributed by atoms with van der Waals surface area (Å²) in [5.41, 5.74) is 0.924. The molecule has 0 amide bonds. The van der Waals surface area contributed by atoms with Crippen LogP contribution in [0.4, 0.5) is 14.5 Å². The van der Waals surface area contributed by atoms with Gasteiger partial charge in [0, 0.05) is 27.1 Å². The van der Waals surface area contributed by atoms with Crippen LogP contribution in [-0.4, -0.2) is 12.0 Å². The second kappa shape index (κ2) is 4.86. The lowest BCUT2D eigenvalue weighted by molar-refractivity contribution is 0.146. The minimum atomic E-state index is -2.58. The predicted octanol–water partition coefficient (Wildman–Crippen LogP) is 4.74. The molecule has 0 saturated carbocycles. The molecular formula is C11H8Br2F2N2. The Bertz CT molecular complexity index is 573. The summed E-state index contributed by atoms with van der Waals surface area (Å²) in [6.07, 6.45) is -2.58. The quantitative estimate of drug-likeness (QED) is 0.831. The first-order chi connectivity index (χ1) is 8.02. The molecule has 0 saturated heterocycles. The van der Waals surface area contributed by atoms with E-state index in [0.29, 0.717) is 15.7 Å². The molecule has 1 heterocycles. The average molecular weight is 366 g/mol. The molecule has 0 atom stereocenters. The normalized spacial score (nSPS) is 11.2. The zero-order valence-electron chi connectivity index (χ0n) is 8.77. The van der Waals surface area contributed by atoms with Gasteiger partial charge < -0.3 is 5.32 Å². The van der Waals surface area contributed by atoms with Crippen molar-refractivity contribution in [3.8, 4) is 0 Å². The van der Waals surface area contributed by atoms with Crippen molar-refractivity contribution in [1.82, 2.24) is 4.98 Å². The fourth-order valence-corrected chi connectivity index (χ4v) is 2.90. The standard InChI is InChI=1S/C11H8Br2F2N2/c1-16-8-4-9(11(14)15)17-10-6(8)2-5(12)3-7(10)13/h2-4,11H,1H3,(H,16,17). The van der Waals surface area contributed by atoms with Gasteiger partial charge in [-0.15, -0.1) is 0 Å². The third-order valence-electron chi connectivity index (χ3n) is 2.34. The second-order valence-corrected chi connectivity index (χ2v) is 5.20. The zero-order chi connectivity index (χ0) is 12.6. The molecule has 17 heavy (non-hydrogen) atoms. The number of alkyl halides is 2. The monoisotopic (exact) mass is 364 g/mol. The molecule has 1 aromatic carbocycles. The molecule has 1 N–H and O–H groups in total. The summed E-state index contributed by atoms with van der Waals surface area (Å²) in [5.74, 6) is 0. The Morgan fingerprint density at radius 3 is 2.53 bits per heavy atom. The lowest BCUT2D eigenvalue weighted by Crippen LogP contribution is -1.97. The molecule has 0 aliphatic rings. The molecule has 2 nitrogen and oxygen atoms in total. The van der Waals surface area contributed by atoms with Crippen LogP contribution in [0.1, 0.15) is 12.1 Å². The van der Waals surface area contributed by atoms with Crippen molar-refractivity contribution in [1.29, 1.82) is 0 Å². The number of hydrogen-bond donors (Lipinski definition) is 1. The number of nitrogens with one attached hydrogen (secondary N) is 1. The molecule has 0 fully saturated rings. The second-order valence-electron chi connectivity index (χ2n) is 3.43. The topological polar surface area (TPSA) is 24.9 Å². The van der Waals surface area contributed by atoms with Gasteiger partial charge in [-0.2, -0.15) is 0 Å². The van der Waals surface area contributed by atoms with Crippen molar-refractivity contribution < 1.29 is 8.78 Å². The van der Waals surface area contributed by atoms with Crippen LogP contribution in [0.15, 0.2) is 27.1 Å². The van der Waals surface area contributed by atoms with Crippen molar-refractivity contribution in [2.75, 3.05) is 12.4 Å². The number of hydrogen-bond acceptors (Lipinski definition) is 2. The smallest absolute Gasteiger partial charge is 0.280 e. The van der Waals surface area contributed by atoms with E-state index >= 15 is 0 Å². The van der Waals surface area contributed by atoms with E-state index in [-0.39, 0.29) is 5.69 Å². The number of benzene rings is 1. The lowest BCUT2D eigenvalue weighted by Gasteiger charge is -2.10. The molecule has 0 unspecified atom stereocenters. The summed E-state index contributed by atoms with van der Waals surface area (Å²) in [5, 5.41) is 3.69. The van der Waals surface area contributed by atoms with Crippen LogP contribution < -0.4 is 5.32 Å². The van der Waals surface area contributed by atoms with Gasteiger partial charge in [0.25, 0.3) is 6.43 Å². The number of halogens is 4. The third-order valence-corrected chi connectivity index (χ3v) is 3.41. The van der Waals surface area contributed by atoms with Gasteiger partial charge in [-0.3, -0.25) is 0 Å². The van der Waals surface area contributed by atoms with Gasteiger partial charge >= 0.3 is 0 Å². The summed E-state index contributed by atoms with van der Waals surface area (Å²) in [7, 11) is 1.69. The fourth-order valence-electron chi connectivity index (χ4n) is 1.59. The van der Waals surface area contributed by atoms with Crippen LogP contribution in [0, 0.1) is 0 Å². The molecule has 0 aliphatic heterocycles. The number of nitrogens with zero attached hydrogens (tertiary/aromatic N) is 1. The molecule has 0 aliphatic carbocycles. The van der Waals surface area contributed by atoms with Gasteiger partial charge in [-0.25, -0.2) is 13.8 Å². The number of pyridine rings is 1. The Hall–Kier alpha value is -0.750. The minimum absolute atomic E-state index is 0.232. The maximum Gasteiger partial charge on any atom is 0.280 e. The molecule has 1 aromatic heterocycles. The van der Waals surface area contributed by atoms with E-state index in [1.54, 1.807) is 13.1 Å². The first-order valence-electron chi connectivity index (χ1n) is 4.78. The Kier molecular flexibility index (Phi) is 3.63. The molecule has 0 spiro atoms. The number of rotatable bonds is 2. The molecule has 6 heteroatoms. The van der Waals surface area contributed by atoms with Gasteiger partial charge in [-0.05, 0) is 34.1 Å². The Labute approximate surface area is 114 Å². The largest absolute Gasteiger partial charge is 0.388 e. The first-order valence-corrected chi connectivity index (χ1v) is 6.37. The summed E-state index contributed by atoms with van der Waals surface area (Å²) < 4.78 is 27.0. The number of aromatic nitrogens is 1. The van der Waals surface area contributed by atoms with E-state index in [2.05, 4.69) is 42.2 Å². The Morgan fingerprint density at radius 1 is 1.24 bits per heavy atom. The average Bonchev–Trinajstić information content (AvgIpc) is 2.27. The maximum atomic E-state index is 12.7. The van der Waals surface area contributed by atoms with Gasteiger partial charge in [0.05, 0.1) is 5.52 Å². The van der Waals surface area contributed by atoms with Crippen LogP contribution in [-0.2, 0) is 0 Å². The van der Waals surface area contributed by atoms with E-state index in [0.717, 1.165) is 9.86 Å². The van der Waals surface area contributed by atoms with Crippen molar-refractivity contribution >= 4 is 48.5 Å². The lowest BCUT2D eigenvalue weighted by atomic mass is 10.1. The highest BCUT2D eigenvalue weighted by Gasteiger charge is 2.14. The third kappa shape index (κ3) is 2.42. The Balaban J connectivity index is 2.82. The van der Waals surface area contributed by atoms with Crippen LogP contribution in [0.5, 0.6) is 0 Å². The highest BCUT2D eigenvalue weighted by atomic mass is 79.9. The van der Waals surface area contributed by atoms with Crippen LogP contribution in [0.25, 0.3) is 10.9 Å². The van der Waals surface area contributed by atoms with Gasteiger partial charge in [0.15, 0.2) is 0 Å². The fraction of sp³-hybridized carbons (Fsp3) is 0.182. The van der Waals surface area contributed by atoms with Crippen molar-refractivity contribution in [2.24, 2.45) is 0 Å². The molecule has 0 bridgehead atoms.